The Bertz CT molecular complexity index is 1190. The lowest BCUT2D eigenvalue weighted by Crippen LogP contribution is -2.37. The van der Waals surface area contributed by atoms with Crippen LogP contribution in [0.5, 0.6) is 0 Å². The Morgan fingerprint density at radius 3 is 2.77 bits per heavy atom. The number of nitrogens with two attached hydrogens (primary N) is 1. The molecule has 2 N–H and O–H groups in total. The predicted molar refractivity (Wildman–Crippen MR) is 109 cm³/mol. The van der Waals surface area contributed by atoms with Crippen molar-refractivity contribution in [2.45, 2.75) is 39.6 Å². The summed E-state index contributed by atoms with van der Waals surface area (Å²) in [7, 11) is 0. The van der Waals surface area contributed by atoms with Crippen LogP contribution in [0.4, 0.5) is 10.2 Å². The monoisotopic (exact) mass is 405 g/mol. The second-order valence-corrected chi connectivity index (χ2v) is 7.47. The third-order valence-corrected chi connectivity index (χ3v) is 5.22. The van der Waals surface area contributed by atoms with Gasteiger partial charge >= 0.3 is 0 Å². The summed E-state index contributed by atoms with van der Waals surface area (Å²) >= 11 is 0. The van der Waals surface area contributed by atoms with Gasteiger partial charge in [0.05, 0.1) is 42.1 Å². The molecule has 8 heteroatoms. The van der Waals surface area contributed by atoms with E-state index in [2.05, 4.69) is 9.97 Å². The Kier molecular flexibility index (Phi) is 5.06. The fourth-order valence-corrected chi connectivity index (χ4v) is 3.56. The van der Waals surface area contributed by atoms with Crippen LogP contribution in [0.25, 0.3) is 10.9 Å². The number of aromatic nitrogens is 2. The Morgan fingerprint density at radius 1 is 1.33 bits per heavy atom. The average Bonchev–Trinajstić information content (AvgIpc) is 3.22. The molecule has 0 aliphatic carbocycles. The van der Waals surface area contributed by atoms with Crippen molar-refractivity contribution >= 4 is 22.6 Å². The number of nitriles is 1. The maximum atomic E-state index is 14.9. The highest BCUT2D eigenvalue weighted by Gasteiger charge is 2.26. The summed E-state index contributed by atoms with van der Waals surface area (Å²) in [5, 5.41) is 9.59. The molecule has 0 radical (unpaired) electrons. The summed E-state index contributed by atoms with van der Waals surface area (Å²) in [5.41, 5.74) is 9.00. The number of nitrogen functional groups attached to an aromatic ring is 1. The van der Waals surface area contributed by atoms with Crippen LogP contribution in [0.3, 0.4) is 0 Å². The summed E-state index contributed by atoms with van der Waals surface area (Å²) in [4.78, 5) is 23.3. The van der Waals surface area contributed by atoms with Crippen LogP contribution in [-0.2, 0) is 24.5 Å². The molecule has 0 unspecified atom stereocenters. The smallest absolute Gasteiger partial charge is 0.257 e. The first-order valence-electron chi connectivity index (χ1n) is 9.53. The summed E-state index contributed by atoms with van der Waals surface area (Å²) in [5.74, 6) is -0.777. The number of halogens is 1. The van der Waals surface area contributed by atoms with E-state index in [0.717, 1.165) is 11.1 Å². The van der Waals surface area contributed by atoms with Crippen molar-refractivity contribution in [3.8, 4) is 6.07 Å². The van der Waals surface area contributed by atoms with Crippen molar-refractivity contribution in [3.63, 3.8) is 0 Å². The minimum Gasteiger partial charge on any atom is -0.383 e. The van der Waals surface area contributed by atoms with E-state index >= 15 is 0 Å². The Labute approximate surface area is 172 Å². The maximum absolute atomic E-state index is 14.9. The van der Waals surface area contributed by atoms with E-state index in [0.29, 0.717) is 41.2 Å². The van der Waals surface area contributed by atoms with Crippen molar-refractivity contribution in [2.24, 2.45) is 0 Å². The van der Waals surface area contributed by atoms with Gasteiger partial charge in [0.15, 0.2) is 0 Å². The second-order valence-electron chi connectivity index (χ2n) is 7.47. The number of anilines is 1. The minimum atomic E-state index is -0.656. The number of hydrogen-bond acceptors (Lipinski definition) is 6. The first kappa shape index (κ1) is 19.7. The molecule has 3 aromatic rings. The van der Waals surface area contributed by atoms with Gasteiger partial charge in [0.2, 0.25) is 0 Å². The molecule has 4 rings (SSSR count). The zero-order valence-electron chi connectivity index (χ0n) is 16.6. The van der Waals surface area contributed by atoms with Gasteiger partial charge in [0.1, 0.15) is 17.7 Å². The fraction of sp³-hybridized carbons (Fsp3) is 0.273. The fourth-order valence-electron chi connectivity index (χ4n) is 3.56. The molecular weight excluding hydrogens is 385 g/mol. The molecule has 0 bridgehead atoms. The number of fused-ring (bicyclic) bond motifs is 3. The van der Waals surface area contributed by atoms with Gasteiger partial charge in [0.25, 0.3) is 5.91 Å². The molecule has 2 aromatic heterocycles. The molecule has 0 saturated carbocycles. The van der Waals surface area contributed by atoms with E-state index in [1.807, 2.05) is 19.9 Å². The van der Waals surface area contributed by atoms with Gasteiger partial charge in [-0.2, -0.15) is 5.26 Å². The Hall–Kier alpha value is -3.57. The lowest BCUT2D eigenvalue weighted by atomic mass is 10.0. The van der Waals surface area contributed by atoms with Crippen LogP contribution in [0.2, 0.25) is 0 Å². The summed E-state index contributed by atoms with van der Waals surface area (Å²) in [6.45, 7) is 4.61. The SMILES string of the molecule is CC(C)N(Cc1ccc(C#N)cn1)C(=O)c1cc2c3c(c(N)nc2cc1F)COC3. The Balaban J connectivity index is 1.73. The number of nitrogens with zero attached hydrogens (tertiary/aromatic N) is 4. The largest absolute Gasteiger partial charge is 0.383 e. The lowest BCUT2D eigenvalue weighted by Gasteiger charge is -2.27. The minimum absolute atomic E-state index is 0.0366. The van der Waals surface area contributed by atoms with Gasteiger partial charge in [-0.1, -0.05) is 0 Å². The molecule has 0 spiro atoms. The van der Waals surface area contributed by atoms with Gasteiger partial charge in [-0.05, 0) is 37.6 Å². The number of pyridine rings is 2. The maximum Gasteiger partial charge on any atom is 0.257 e. The van der Waals surface area contributed by atoms with E-state index in [9.17, 15) is 9.18 Å². The summed E-state index contributed by atoms with van der Waals surface area (Å²) < 4.78 is 20.4. The highest BCUT2D eigenvalue weighted by atomic mass is 19.1. The molecular formula is C22H20FN5O2. The molecule has 3 heterocycles. The Morgan fingerprint density at radius 2 is 2.10 bits per heavy atom. The number of hydrogen-bond donors (Lipinski definition) is 1. The molecule has 1 amide bonds. The second kappa shape index (κ2) is 7.69. The van der Waals surface area contributed by atoms with Crippen molar-refractivity contribution in [1.82, 2.24) is 14.9 Å². The highest BCUT2D eigenvalue weighted by Crippen LogP contribution is 2.32. The number of ether oxygens (including phenoxy) is 1. The molecule has 0 atom stereocenters. The predicted octanol–water partition coefficient (Wildman–Crippen LogP) is 3.30. The van der Waals surface area contributed by atoms with E-state index in [-0.39, 0.29) is 18.2 Å². The number of carbonyl (C=O) groups is 1. The quantitative estimate of drug-likeness (QED) is 0.714. The molecule has 30 heavy (non-hydrogen) atoms. The normalized spacial score (nSPS) is 12.8. The first-order valence-corrected chi connectivity index (χ1v) is 9.53. The summed E-state index contributed by atoms with van der Waals surface area (Å²) in [6, 6.07) is 7.93. The van der Waals surface area contributed by atoms with Crippen molar-refractivity contribution in [2.75, 3.05) is 5.73 Å². The van der Waals surface area contributed by atoms with E-state index in [1.165, 1.54) is 18.3 Å². The van der Waals surface area contributed by atoms with Gasteiger partial charge in [-0.3, -0.25) is 9.78 Å². The molecule has 152 valence electrons. The number of benzene rings is 1. The van der Waals surface area contributed by atoms with Crippen molar-refractivity contribution in [3.05, 3.63) is 64.2 Å². The third kappa shape index (κ3) is 3.44. The highest BCUT2D eigenvalue weighted by molar-refractivity contribution is 5.99. The standard InChI is InChI=1S/C22H20FN5O2/c1-12(2)28(9-14-4-3-13(7-24)8-26-14)22(29)16-5-15-17-10-30-11-18(17)21(25)27-20(15)6-19(16)23/h3-6,8,12H,9-11H2,1-2H3,(H2,25,27). The van der Waals surface area contributed by atoms with Crippen LogP contribution < -0.4 is 5.73 Å². The zero-order chi connectivity index (χ0) is 21.4. The topological polar surface area (TPSA) is 105 Å². The molecule has 1 aromatic carbocycles. The zero-order valence-corrected chi connectivity index (χ0v) is 16.6. The van der Waals surface area contributed by atoms with Crippen LogP contribution in [0.15, 0.2) is 30.5 Å². The van der Waals surface area contributed by atoms with Crippen LogP contribution in [-0.4, -0.2) is 26.8 Å². The third-order valence-electron chi connectivity index (χ3n) is 5.22. The van der Waals surface area contributed by atoms with Crippen molar-refractivity contribution < 1.29 is 13.9 Å². The number of rotatable bonds is 4. The van der Waals surface area contributed by atoms with Crippen LogP contribution in [0, 0.1) is 17.1 Å². The van der Waals surface area contributed by atoms with E-state index in [1.54, 1.807) is 17.0 Å². The van der Waals surface area contributed by atoms with Gasteiger partial charge < -0.3 is 15.4 Å². The van der Waals surface area contributed by atoms with E-state index < -0.39 is 11.7 Å². The molecule has 1 aliphatic rings. The molecule has 0 fully saturated rings. The first-order chi connectivity index (χ1) is 14.4. The van der Waals surface area contributed by atoms with Gasteiger partial charge in [0, 0.05) is 29.3 Å². The van der Waals surface area contributed by atoms with Crippen LogP contribution >= 0.6 is 0 Å². The van der Waals surface area contributed by atoms with E-state index in [4.69, 9.17) is 15.7 Å². The van der Waals surface area contributed by atoms with Gasteiger partial charge in [-0.25, -0.2) is 9.37 Å². The van der Waals surface area contributed by atoms with Gasteiger partial charge in [-0.15, -0.1) is 0 Å². The molecule has 7 nitrogen and oxygen atoms in total. The molecule has 1 aliphatic heterocycles. The number of carbonyl (C=O) groups excluding carboxylic acids is 1. The molecule has 0 saturated heterocycles. The van der Waals surface area contributed by atoms with Crippen LogP contribution in [0.1, 0.15) is 46.6 Å². The number of amides is 1. The lowest BCUT2D eigenvalue weighted by molar-refractivity contribution is 0.0683. The summed E-state index contributed by atoms with van der Waals surface area (Å²) in [6.07, 6.45) is 1.45. The van der Waals surface area contributed by atoms with Crippen molar-refractivity contribution in [1.29, 1.82) is 5.26 Å². The average molecular weight is 405 g/mol.